The van der Waals surface area contributed by atoms with Crippen LogP contribution in [0.2, 0.25) is 5.02 Å². The maximum absolute atomic E-state index is 14.1. The van der Waals surface area contributed by atoms with E-state index in [0.717, 1.165) is 31.2 Å². The lowest BCUT2D eigenvalue weighted by molar-refractivity contribution is -0.146. The Morgan fingerprint density at radius 3 is 2.39 bits per heavy atom. The minimum atomic E-state index is -1.19. The average Bonchev–Trinajstić information content (AvgIpc) is 3.36. The molecular weight excluding hydrogens is 478 g/mol. The second-order valence-electron chi connectivity index (χ2n) is 12.0. The number of benzene rings is 1. The molecule has 194 valence electrons. The summed E-state index contributed by atoms with van der Waals surface area (Å²) in [7, 11) is 0. The Balaban J connectivity index is 1.51. The summed E-state index contributed by atoms with van der Waals surface area (Å²) in [6.07, 6.45) is 9.02. The average molecular weight is 514 g/mol. The van der Waals surface area contributed by atoms with Gasteiger partial charge in [-0.1, -0.05) is 55.1 Å². The summed E-state index contributed by atoms with van der Waals surface area (Å²) in [5.41, 5.74) is -1.78. The van der Waals surface area contributed by atoms with Crippen LogP contribution in [0.4, 0.5) is 0 Å². The van der Waals surface area contributed by atoms with Gasteiger partial charge in [0.1, 0.15) is 11.6 Å². The molecule has 3 fully saturated rings. The molecule has 2 saturated heterocycles. The quantitative estimate of drug-likeness (QED) is 0.587. The summed E-state index contributed by atoms with van der Waals surface area (Å²) in [5, 5.41) is 6.86. The van der Waals surface area contributed by atoms with Crippen molar-refractivity contribution in [2.45, 2.75) is 95.2 Å². The van der Waals surface area contributed by atoms with Gasteiger partial charge in [-0.25, -0.2) is 0 Å². The van der Waals surface area contributed by atoms with Crippen LogP contribution in [0.25, 0.3) is 0 Å². The summed E-state index contributed by atoms with van der Waals surface area (Å²) in [6.45, 7) is 7.80. The van der Waals surface area contributed by atoms with E-state index < -0.39 is 34.6 Å². The van der Waals surface area contributed by atoms with Crippen LogP contribution in [0.3, 0.4) is 0 Å². The molecule has 2 bridgehead atoms. The Bertz CT molecular complexity index is 1090. The third-order valence-corrected chi connectivity index (χ3v) is 8.30. The van der Waals surface area contributed by atoms with Crippen LogP contribution in [-0.4, -0.2) is 51.4 Å². The van der Waals surface area contributed by atoms with Gasteiger partial charge < -0.3 is 20.3 Å². The summed E-state index contributed by atoms with van der Waals surface area (Å²) in [5.74, 6) is -2.13. The summed E-state index contributed by atoms with van der Waals surface area (Å²) in [4.78, 5) is 43.1. The molecule has 8 heteroatoms. The molecular formula is C28H36ClN3O4. The first-order valence-corrected chi connectivity index (χ1v) is 13.4. The smallest absolute Gasteiger partial charge is 0.246 e. The highest BCUT2D eigenvalue weighted by Crippen LogP contribution is 2.60. The number of nitrogens with one attached hydrogen (secondary N) is 2. The summed E-state index contributed by atoms with van der Waals surface area (Å²) in [6, 6.07) is 6.46. The zero-order valence-electron chi connectivity index (χ0n) is 21.5. The molecule has 5 rings (SSSR count). The number of hydrogen-bond acceptors (Lipinski definition) is 4. The second-order valence-corrected chi connectivity index (χ2v) is 12.4. The molecule has 3 aliphatic heterocycles. The largest absolute Gasteiger partial charge is 0.356 e. The number of nitrogens with zero attached hydrogens (tertiary/aromatic N) is 1. The molecule has 0 radical (unpaired) electrons. The molecule has 1 spiro atoms. The zero-order chi connectivity index (χ0) is 25.9. The first-order valence-electron chi connectivity index (χ1n) is 13.0. The fourth-order valence-electron chi connectivity index (χ4n) is 6.56. The topological polar surface area (TPSA) is 87.7 Å². The molecule has 1 aromatic rings. The van der Waals surface area contributed by atoms with Crippen LogP contribution in [0.1, 0.15) is 65.4 Å². The van der Waals surface area contributed by atoms with Gasteiger partial charge in [-0.15, -0.1) is 0 Å². The number of carbonyl (C=O) groups is 3. The van der Waals surface area contributed by atoms with Gasteiger partial charge in [0.05, 0.1) is 17.4 Å². The first-order chi connectivity index (χ1) is 16.9. The lowest BCUT2D eigenvalue weighted by Gasteiger charge is -2.35. The highest BCUT2D eigenvalue weighted by atomic mass is 35.5. The van der Waals surface area contributed by atoms with Crippen molar-refractivity contribution in [3.05, 3.63) is 47.0 Å². The van der Waals surface area contributed by atoms with Crippen LogP contribution in [0.5, 0.6) is 0 Å². The van der Waals surface area contributed by atoms with Crippen LogP contribution < -0.4 is 10.6 Å². The number of halogens is 1. The maximum Gasteiger partial charge on any atom is 0.246 e. The maximum atomic E-state index is 14.1. The van der Waals surface area contributed by atoms with Gasteiger partial charge in [0.15, 0.2) is 0 Å². The number of carbonyl (C=O) groups excluding carboxylic acids is 3. The standard InChI is InChI=1S/C28H36ClN3O4/c1-26(2,3)31-24(34)22-28-15-14-27(4,36-28)20(23(33)30-19-8-6-5-7-9-19)21(28)25(35)32(22)16-17-10-12-18(29)13-11-17/h10-15,19-22H,5-9,16H2,1-4H3,(H,30,33)(H,31,34)/t20-,21+,22-,27-,28+/m1/s1. The summed E-state index contributed by atoms with van der Waals surface area (Å²) >= 11 is 6.07. The van der Waals surface area contributed by atoms with E-state index in [1.54, 1.807) is 17.0 Å². The van der Waals surface area contributed by atoms with Crippen LogP contribution in [0, 0.1) is 11.8 Å². The van der Waals surface area contributed by atoms with Crippen molar-refractivity contribution in [3.8, 4) is 0 Å². The zero-order valence-corrected chi connectivity index (χ0v) is 22.2. The van der Waals surface area contributed by atoms with Gasteiger partial charge in [0.2, 0.25) is 17.7 Å². The van der Waals surface area contributed by atoms with Crippen LogP contribution in [-0.2, 0) is 25.7 Å². The third kappa shape index (κ3) is 4.24. The van der Waals surface area contributed by atoms with E-state index in [9.17, 15) is 14.4 Å². The second kappa shape index (κ2) is 8.88. The van der Waals surface area contributed by atoms with E-state index >= 15 is 0 Å². The Morgan fingerprint density at radius 2 is 1.75 bits per heavy atom. The van der Waals surface area contributed by atoms with Gasteiger partial charge in [-0.3, -0.25) is 14.4 Å². The number of amides is 3. The van der Waals surface area contributed by atoms with E-state index in [2.05, 4.69) is 10.6 Å². The highest BCUT2D eigenvalue weighted by molar-refractivity contribution is 6.30. The minimum absolute atomic E-state index is 0.121. The lowest BCUT2D eigenvalue weighted by Crippen LogP contribution is -2.57. The molecule has 7 nitrogen and oxygen atoms in total. The van der Waals surface area contributed by atoms with Gasteiger partial charge in [0, 0.05) is 23.1 Å². The molecule has 0 aromatic heterocycles. The summed E-state index contributed by atoms with van der Waals surface area (Å²) < 4.78 is 6.58. The van der Waals surface area contributed by atoms with Gasteiger partial charge in [-0.2, -0.15) is 0 Å². The molecule has 2 N–H and O–H groups in total. The number of likely N-dealkylation sites (tertiary alicyclic amines) is 1. The van der Waals surface area contributed by atoms with Crippen molar-refractivity contribution in [2.75, 3.05) is 0 Å². The fourth-order valence-corrected chi connectivity index (χ4v) is 6.69. The Labute approximate surface area is 218 Å². The van der Waals surface area contributed by atoms with E-state index in [1.807, 2.05) is 52.0 Å². The molecule has 1 saturated carbocycles. The minimum Gasteiger partial charge on any atom is -0.356 e. The predicted molar refractivity (Wildman–Crippen MR) is 137 cm³/mol. The number of rotatable bonds is 5. The Morgan fingerprint density at radius 1 is 1.08 bits per heavy atom. The highest BCUT2D eigenvalue weighted by Gasteiger charge is 2.76. The van der Waals surface area contributed by atoms with Crippen molar-refractivity contribution in [1.29, 1.82) is 0 Å². The predicted octanol–water partition coefficient (Wildman–Crippen LogP) is 3.74. The molecule has 4 aliphatic rings. The molecule has 3 heterocycles. The van der Waals surface area contributed by atoms with E-state index in [0.29, 0.717) is 5.02 Å². The van der Waals surface area contributed by atoms with Crippen molar-refractivity contribution < 1.29 is 19.1 Å². The monoisotopic (exact) mass is 513 g/mol. The fraction of sp³-hybridized carbons (Fsp3) is 0.607. The normalized spacial score (nSPS) is 33.6. The van der Waals surface area contributed by atoms with Crippen LogP contribution >= 0.6 is 11.6 Å². The molecule has 5 atom stereocenters. The van der Waals surface area contributed by atoms with Crippen molar-refractivity contribution in [2.24, 2.45) is 11.8 Å². The molecule has 36 heavy (non-hydrogen) atoms. The van der Waals surface area contributed by atoms with Gasteiger partial charge >= 0.3 is 0 Å². The molecule has 0 unspecified atom stereocenters. The number of fused-ring (bicyclic) bond motifs is 1. The van der Waals surface area contributed by atoms with E-state index in [-0.39, 0.29) is 30.3 Å². The molecule has 3 amide bonds. The van der Waals surface area contributed by atoms with Crippen LogP contribution in [0.15, 0.2) is 36.4 Å². The Hall–Kier alpha value is -2.38. The lowest BCUT2D eigenvalue weighted by atomic mass is 9.70. The van der Waals surface area contributed by atoms with Gasteiger partial charge in [0.25, 0.3) is 0 Å². The van der Waals surface area contributed by atoms with Crippen molar-refractivity contribution in [3.63, 3.8) is 0 Å². The van der Waals surface area contributed by atoms with Gasteiger partial charge in [-0.05, 0) is 58.2 Å². The van der Waals surface area contributed by atoms with E-state index in [4.69, 9.17) is 16.3 Å². The van der Waals surface area contributed by atoms with Crippen molar-refractivity contribution in [1.82, 2.24) is 15.5 Å². The SMILES string of the molecule is CC(C)(C)NC(=O)[C@H]1N(Cc2ccc(Cl)cc2)C(=O)[C@@H]2[C@H](C(=O)NC3CCCCC3)[C@@]3(C)C=C[C@]21O3. The third-order valence-electron chi connectivity index (χ3n) is 8.04. The Kier molecular flexibility index (Phi) is 6.23. The first kappa shape index (κ1) is 25.3. The molecule has 1 aromatic carbocycles. The number of ether oxygens (including phenoxy) is 1. The van der Waals surface area contributed by atoms with E-state index in [1.165, 1.54) is 6.42 Å². The molecule has 1 aliphatic carbocycles. The number of hydrogen-bond donors (Lipinski definition) is 2. The van der Waals surface area contributed by atoms with Crippen molar-refractivity contribution >= 4 is 29.3 Å².